The van der Waals surface area contributed by atoms with Gasteiger partial charge in [-0.15, -0.1) is 11.3 Å². The maximum atomic E-state index is 12.7. The molecule has 164 valence electrons. The zero-order chi connectivity index (χ0) is 21.7. The third-order valence-electron chi connectivity index (χ3n) is 6.40. The van der Waals surface area contributed by atoms with Gasteiger partial charge < -0.3 is 9.64 Å². The van der Waals surface area contributed by atoms with Crippen molar-refractivity contribution in [2.75, 3.05) is 0 Å². The Hall–Kier alpha value is -1.80. The zero-order valence-electron chi connectivity index (χ0n) is 18.7. The van der Waals surface area contributed by atoms with E-state index in [2.05, 4.69) is 39.5 Å². The number of ether oxygens (including phenoxy) is 1. The number of hydrogen-bond acceptors (Lipinski definition) is 4. The van der Waals surface area contributed by atoms with Crippen molar-refractivity contribution >= 4 is 23.7 Å². The molecule has 1 aromatic rings. The Kier molecular flexibility index (Phi) is 7.63. The van der Waals surface area contributed by atoms with Crippen LogP contribution in [0.15, 0.2) is 17.5 Å². The highest BCUT2D eigenvalue weighted by atomic mass is 32.1. The molecular formula is C25H35NO3S. The average Bonchev–Trinajstić information content (AvgIpc) is 3.25. The van der Waals surface area contributed by atoms with Gasteiger partial charge in [0.15, 0.2) is 0 Å². The van der Waals surface area contributed by atoms with Crippen molar-refractivity contribution in [1.82, 2.24) is 4.90 Å². The molecule has 1 amide bonds. The minimum absolute atomic E-state index is 0.0715. The van der Waals surface area contributed by atoms with Crippen molar-refractivity contribution in [1.29, 1.82) is 0 Å². The van der Waals surface area contributed by atoms with E-state index in [4.69, 9.17) is 4.74 Å². The van der Waals surface area contributed by atoms with E-state index in [0.29, 0.717) is 17.3 Å². The smallest absolute Gasteiger partial charge is 0.348 e. The average molecular weight is 430 g/mol. The van der Waals surface area contributed by atoms with Crippen molar-refractivity contribution in [3.63, 3.8) is 0 Å². The third-order valence-corrected chi connectivity index (χ3v) is 7.25. The summed E-state index contributed by atoms with van der Waals surface area (Å²) in [5.41, 5.74) is -0.0798. The standard InChI is InChI=1S/C25H35NO3S/c1-18-19(12-13-25(2,3)4)15-21(26(17-27)20-9-6-5-7-10-20)16-22(18)29-24(28)23-11-8-14-30-23/h8,11,14,17-22H,5-7,9-10,15-16H2,1-4H3/t18-,19-,21+,22+/m1/s1. The quantitative estimate of drug-likeness (QED) is 0.351. The van der Waals surface area contributed by atoms with E-state index in [1.54, 1.807) is 6.07 Å². The molecule has 2 aliphatic carbocycles. The lowest BCUT2D eigenvalue weighted by atomic mass is 9.74. The van der Waals surface area contributed by atoms with Crippen molar-refractivity contribution in [2.45, 2.75) is 90.8 Å². The molecule has 1 heterocycles. The second-order valence-electron chi connectivity index (χ2n) is 9.88. The van der Waals surface area contributed by atoms with Gasteiger partial charge in [0, 0.05) is 35.8 Å². The van der Waals surface area contributed by atoms with E-state index in [1.807, 2.05) is 16.3 Å². The van der Waals surface area contributed by atoms with Crippen molar-refractivity contribution in [2.24, 2.45) is 17.3 Å². The van der Waals surface area contributed by atoms with Crippen LogP contribution in [0, 0.1) is 29.1 Å². The van der Waals surface area contributed by atoms with Crippen LogP contribution in [0.1, 0.15) is 82.3 Å². The summed E-state index contributed by atoms with van der Waals surface area (Å²) in [5.74, 6) is 6.85. The van der Waals surface area contributed by atoms with Gasteiger partial charge in [0.1, 0.15) is 11.0 Å². The summed E-state index contributed by atoms with van der Waals surface area (Å²) in [7, 11) is 0. The number of hydrogen-bond donors (Lipinski definition) is 0. The van der Waals surface area contributed by atoms with Gasteiger partial charge in [0.25, 0.3) is 0 Å². The molecule has 4 nitrogen and oxygen atoms in total. The predicted octanol–water partition coefficient (Wildman–Crippen LogP) is 5.53. The number of carbonyl (C=O) groups is 2. The Balaban J connectivity index is 1.82. The van der Waals surface area contributed by atoms with Gasteiger partial charge in [-0.1, -0.05) is 44.1 Å². The van der Waals surface area contributed by atoms with Crippen molar-refractivity contribution < 1.29 is 14.3 Å². The van der Waals surface area contributed by atoms with Crippen LogP contribution in [0.4, 0.5) is 0 Å². The first-order chi connectivity index (χ1) is 14.3. The van der Waals surface area contributed by atoms with Gasteiger partial charge in [-0.3, -0.25) is 4.79 Å². The molecule has 0 aliphatic heterocycles. The fourth-order valence-electron chi connectivity index (χ4n) is 4.68. The fraction of sp³-hybridized carbons (Fsp3) is 0.680. The monoisotopic (exact) mass is 429 g/mol. The van der Waals surface area contributed by atoms with Crippen LogP contribution in [0.2, 0.25) is 0 Å². The Morgan fingerprint density at radius 3 is 2.53 bits per heavy atom. The lowest BCUT2D eigenvalue weighted by Crippen LogP contribution is -2.50. The summed E-state index contributed by atoms with van der Waals surface area (Å²) in [6.45, 7) is 8.47. The predicted molar refractivity (Wildman–Crippen MR) is 121 cm³/mol. The molecule has 0 bridgehead atoms. The molecule has 0 N–H and O–H groups in total. The van der Waals surface area contributed by atoms with Crippen LogP contribution >= 0.6 is 11.3 Å². The number of rotatable bonds is 5. The van der Waals surface area contributed by atoms with Crippen molar-refractivity contribution in [3.8, 4) is 11.8 Å². The summed E-state index contributed by atoms with van der Waals surface area (Å²) in [4.78, 5) is 27.4. The first-order valence-electron chi connectivity index (χ1n) is 11.3. The van der Waals surface area contributed by atoms with Gasteiger partial charge in [0.05, 0.1) is 0 Å². The van der Waals surface area contributed by atoms with Gasteiger partial charge >= 0.3 is 5.97 Å². The lowest BCUT2D eigenvalue weighted by molar-refractivity contribution is -0.126. The Bertz CT molecular complexity index is 765. The van der Waals surface area contributed by atoms with Crippen LogP contribution < -0.4 is 0 Å². The molecule has 2 saturated carbocycles. The van der Waals surface area contributed by atoms with E-state index in [1.165, 1.54) is 30.6 Å². The first-order valence-corrected chi connectivity index (χ1v) is 12.2. The Morgan fingerprint density at radius 1 is 1.20 bits per heavy atom. The Morgan fingerprint density at radius 2 is 1.93 bits per heavy atom. The van der Waals surface area contributed by atoms with E-state index in [9.17, 15) is 9.59 Å². The second-order valence-corrected chi connectivity index (χ2v) is 10.8. The van der Waals surface area contributed by atoms with Crippen LogP contribution in [0.5, 0.6) is 0 Å². The number of esters is 1. The molecule has 5 heteroatoms. The molecule has 0 unspecified atom stereocenters. The summed E-state index contributed by atoms with van der Waals surface area (Å²) in [6.07, 6.45) is 8.11. The second kappa shape index (κ2) is 10.0. The maximum Gasteiger partial charge on any atom is 0.348 e. The molecule has 30 heavy (non-hydrogen) atoms. The van der Waals surface area contributed by atoms with Gasteiger partial charge in [-0.25, -0.2) is 4.79 Å². The van der Waals surface area contributed by atoms with Crippen LogP contribution in [0.25, 0.3) is 0 Å². The number of carbonyl (C=O) groups excluding carboxylic acids is 2. The highest BCUT2D eigenvalue weighted by molar-refractivity contribution is 7.11. The van der Waals surface area contributed by atoms with Crippen LogP contribution in [0.3, 0.4) is 0 Å². The first kappa shape index (κ1) is 22.9. The zero-order valence-corrected chi connectivity index (χ0v) is 19.5. The van der Waals surface area contributed by atoms with Crippen LogP contribution in [-0.2, 0) is 9.53 Å². The molecule has 4 atom stereocenters. The summed E-state index contributed by atoms with van der Waals surface area (Å²) < 4.78 is 5.98. The SMILES string of the molecule is C[C@@H]1[C@H](C#CC(C)(C)C)C[C@H](N(C=O)C2CCCCC2)C[C@@H]1OC(=O)c1cccs1. The molecule has 2 aliphatic rings. The topological polar surface area (TPSA) is 46.6 Å². The summed E-state index contributed by atoms with van der Waals surface area (Å²) in [5, 5.41) is 1.89. The number of amides is 1. The van der Waals surface area contributed by atoms with Gasteiger partial charge in [0.2, 0.25) is 6.41 Å². The largest absolute Gasteiger partial charge is 0.458 e. The summed E-state index contributed by atoms with van der Waals surface area (Å²) >= 11 is 1.40. The number of nitrogens with zero attached hydrogens (tertiary/aromatic N) is 1. The van der Waals surface area contributed by atoms with Crippen LogP contribution in [-0.4, -0.2) is 35.5 Å². The van der Waals surface area contributed by atoms with Gasteiger partial charge in [-0.05, 0) is 51.5 Å². The maximum absolute atomic E-state index is 12.7. The highest BCUT2D eigenvalue weighted by Gasteiger charge is 2.40. The molecule has 0 radical (unpaired) electrons. The number of thiophene rings is 1. The summed E-state index contributed by atoms with van der Waals surface area (Å²) in [6, 6.07) is 4.04. The molecule has 0 spiro atoms. The van der Waals surface area contributed by atoms with E-state index < -0.39 is 0 Å². The molecule has 0 saturated heterocycles. The van der Waals surface area contributed by atoms with E-state index >= 15 is 0 Å². The minimum atomic E-state index is -0.264. The molecule has 2 fully saturated rings. The lowest BCUT2D eigenvalue weighted by Gasteiger charge is -2.44. The van der Waals surface area contributed by atoms with E-state index in [0.717, 1.165) is 25.7 Å². The molecule has 1 aromatic heterocycles. The van der Waals surface area contributed by atoms with Crippen molar-refractivity contribution in [3.05, 3.63) is 22.4 Å². The molecule has 0 aromatic carbocycles. The van der Waals surface area contributed by atoms with Gasteiger partial charge in [-0.2, -0.15) is 0 Å². The third kappa shape index (κ3) is 5.88. The Labute approximate surface area is 185 Å². The minimum Gasteiger partial charge on any atom is -0.458 e. The fourth-order valence-corrected chi connectivity index (χ4v) is 5.29. The normalized spacial score (nSPS) is 27.6. The molecular weight excluding hydrogens is 394 g/mol. The highest BCUT2D eigenvalue weighted by Crippen LogP contribution is 2.37. The van der Waals surface area contributed by atoms with E-state index in [-0.39, 0.29) is 35.4 Å². The molecule has 3 rings (SSSR count).